The highest BCUT2D eigenvalue weighted by Crippen LogP contribution is 2.14. The van der Waals surface area contributed by atoms with Crippen LogP contribution in [0.1, 0.15) is 22.8 Å². The maximum atomic E-state index is 13.7. The van der Waals surface area contributed by atoms with Crippen LogP contribution < -0.4 is 0 Å². The number of amides is 1. The molecule has 0 atom stereocenters. The number of carbonyl (C=O) groups is 1. The molecule has 1 rings (SSSR count). The number of rotatable bonds is 3. The Bertz CT molecular complexity index is 434. The lowest BCUT2D eigenvalue weighted by atomic mass is 10.1. The number of hydrogen-bond acceptors (Lipinski definition) is 1. The summed E-state index contributed by atoms with van der Waals surface area (Å²) in [6.45, 7) is 4.10. The zero-order valence-electron chi connectivity index (χ0n) is 9.46. The molecule has 1 aromatic carbocycles. The van der Waals surface area contributed by atoms with Crippen LogP contribution in [-0.4, -0.2) is 23.9 Å². The summed E-state index contributed by atoms with van der Waals surface area (Å²) in [5, 5.41) is 0. The van der Waals surface area contributed by atoms with E-state index in [0.29, 0.717) is 12.1 Å². The van der Waals surface area contributed by atoms with Gasteiger partial charge in [0.05, 0.1) is 12.1 Å². The van der Waals surface area contributed by atoms with Gasteiger partial charge in [-0.1, -0.05) is 18.1 Å². The second kappa shape index (κ2) is 5.32. The summed E-state index contributed by atoms with van der Waals surface area (Å²) in [6, 6.07) is 4.77. The maximum absolute atomic E-state index is 13.7. The van der Waals surface area contributed by atoms with E-state index in [2.05, 4.69) is 5.92 Å². The van der Waals surface area contributed by atoms with Gasteiger partial charge in [0.2, 0.25) is 0 Å². The Balaban J connectivity index is 3.05. The first-order valence-corrected chi connectivity index (χ1v) is 5.09. The third kappa shape index (κ3) is 2.40. The molecule has 0 saturated carbocycles. The zero-order valence-corrected chi connectivity index (χ0v) is 9.46. The van der Waals surface area contributed by atoms with Crippen LogP contribution in [0, 0.1) is 25.1 Å². The normalized spacial score (nSPS) is 9.62. The summed E-state index contributed by atoms with van der Waals surface area (Å²) in [4.78, 5) is 13.4. The molecule has 3 heteroatoms. The first-order valence-electron chi connectivity index (χ1n) is 5.09. The molecule has 0 saturated heterocycles. The summed E-state index contributed by atoms with van der Waals surface area (Å²) in [6.07, 6.45) is 5.15. The van der Waals surface area contributed by atoms with Gasteiger partial charge in [0.25, 0.3) is 5.91 Å². The summed E-state index contributed by atoms with van der Waals surface area (Å²) >= 11 is 0. The molecule has 0 radical (unpaired) electrons. The topological polar surface area (TPSA) is 20.3 Å². The average Bonchev–Trinajstić information content (AvgIpc) is 2.29. The first-order chi connectivity index (χ1) is 7.61. The van der Waals surface area contributed by atoms with Gasteiger partial charge in [0, 0.05) is 6.54 Å². The minimum absolute atomic E-state index is 0.0806. The van der Waals surface area contributed by atoms with E-state index in [4.69, 9.17) is 6.42 Å². The van der Waals surface area contributed by atoms with Gasteiger partial charge in [0.1, 0.15) is 5.82 Å². The molecule has 0 aliphatic heterocycles. The Labute approximate surface area is 95.1 Å². The van der Waals surface area contributed by atoms with E-state index in [9.17, 15) is 9.18 Å². The predicted molar refractivity (Wildman–Crippen MR) is 61.5 cm³/mol. The minimum atomic E-state index is -0.469. The second-order valence-electron chi connectivity index (χ2n) is 3.46. The number of benzene rings is 1. The van der Waals surface area contributed by atoms with Crippen LogP contribution >= 0.6 is 0 Å². The van der Waals surface area contributed by atoms with Crippen LogP contribution in [-0.2, 0) is 0 Å². The Morgan fingerprint density at radius 3 is 2.81 bits per heavy atom. The molecule has 16 heavy (non-hydrogen) atoms. The molecule has 0 fully saturated rings. The van der Waals surface area contributed by atoms with E-state index in [1.54, 1.807) is 19.1 Å². The molecule has 0 aliphatic rings. The van der Waals surface area contributed by atoms with Gasteiger partial charge in [-0.2, -0.15) is 0 Å². The van der Waals surface area contributed by atoms with Crippen molar-refractivity contribution in [3.05, 3.63) is 35.1 Å². The Kier molecular flexibility index (Phi) is 4.07. The van der Waals surface area contributed by atoms with Crippen molar-refractivity contribution in [1.29, 1.82) is 0 Å². The highest BCUT2D eigenvalue weighted by atomic mass is 19.1. The van der Waals surface area contributed by atoms with E-state index in [1.165, 1.54) is 11.0 Å². The summed E-state index contributed by atoms with van der Waals surface area (Å²) in [5.41, 5.74) is 0.541. The number of halogens is 1. The summed E-state index contributed by atoms with van der Waals surface area (Å²) in [5.74, 6) is 1.56. The largest absolute Gasteiger partial charge is 0.328 e. The standard InChI is InChI=1S/C13H14FNO/c1-4-9-15(5-2)13(16)11-8-6-7-10(3)12(11)14/h1,6-8H,5,9H2,2-3H3. The van der Waals surface area contributed by atoms with Crippen molar-refractivity contribution >= 4 is 5.91 Å². The monoisotopic (exact) mass is 219 g/mol. The fourth-order valence-corrected chi connectivity index (χ4v) is 1.42. The molecule has 1 aromatic rings. The van der Waals surface area contributed by atoms with Gasteiger partial charge < -0.3 is 4.90 Å². The van der Waals surface area contributed by atoms with Crippen LogP contribution in [0.4, 0.5) is 4.39 Å². The van der Waals surface area contributed by atoms with Crippen molar-refractivity contribution < 1.29 is 9.18 Å². The molecular weight excluding hydrogens is 205 g/mol. The molecule has 0 aromatic heterocycles. The lowest BCUT2D eigenvalue weighted by Crippen LogP contribution is -2.31. The van der Waals surface area contributed by atoms with Gasteiger partial charge in [-0.05, 0) is 25.5 Å². The highest BCUT2D eigenvalue weighted by molar-refractivity contribution is 5.94. The third-order valence-corrected chi connectivity index (χ3v) is 2.37. The fraction of sp³-hybridized carbons (Fsp3) is 0.308. The molecule has 0 unspecified atom stereocenters. The average molecular weight is 219 g/mol. The van der Waals surface area contributed by atoms with Crippen molar-refractivity contribution in [3.8, 4) is 12.3 Å². The van der Waals surface area contributed by atoms with Crippen molar-refractivity contribution in [3.63, 3.8) is 0 Å². The number of terminal acetylenes is 1. The third-order valence-electron chi connectivity index (χ3n) is 2.37. The SMILES string of the molecule is C#CCN(CC)C(=O)c1cccc(C)c1F. The van der Waals surface area contributed by atoms with E-state index in [-0.39, 0.29) is 18.0 Å². The number of hydrogen-bond donors (Lipinski definition) is 0. The van der Waals surface area contributed by atoms with Crippen molar-refractivity contribution in [2.45, 2.75) is 13.8 Å². The smallest absolute Gasteiger partial charge is 0.257 e. The van der Waals surface area contributed by atoms with Gasteiger partial charge in [-0.3, -0.25) is 4.79 Å². The Hall–Kier alpha value is -1.82. The molecule has 84 valence electrons. The Morgan fingerprint density at radius 2 is 2.25 bits per heavy atom. The molecule has 0 bridgehead atoms. The van der Waals surface area contributed by atoms with Crippen LogP contribution in [0.25, 0.3) is 0 Å². The second-order valence-corrected chi connectivity index (χ2v) is 3.46. The van der Waals surface area contributed by atoms with Crippen LogP contribution in [0.2, 0.25) is 0 Å². The number of aryl methyl sites for hydroxylation is 1. The first kappa shape index (κ1) is 12.3. The lowest BCUT2D eigenvalue weighted by molar-refractivity contribution is 0.0780. The van der Waals surface area contributed by atoms with Crippen molar-refractivity contribution in [2.75, 3.05) is 13.1 Å². The molecule has 0 aliphatic carbocycles. The maximum Gasteiger partial charge on any atom is 0.257 e. The van der Waals surface area contributed by atoms with Crippen molar-refractivity contribution in [2.24, 2.45) is 0 Å². The minimum Gasteiger partial charge on any atom is -0.328 e. The predicted octanol–water partition coefficient (Wildman–Crippen LogP) is 2.23. The molecule has 0 heterocycles. The zero-order chi connectivity index (χ0) is 12.1. The quantitative estimate of drug-likeness (QED) is 0.714. The van der Waals surface area contributed by atoms with Gasteiger partial charge in [-0.25, -0.2) is 4.39 Å². The molecule has 0 spiro atoms. The number of carbonyl (C=O) groups excluding carboxylic acids is 1. The molecule has 0 N–H and O–H groups in total. The summed E-state index contributed by atoms with van der Waals surface area (Å²) in [7, 11) is 0. The van der Waals surface area contributed by atoms with Gasteiger partial charge in [-0.15, -0.1) is 6.42 Å². The van der Waals surface area contributed by atoms with E-state index in [0.717, 1.165) is 0 Å². The molecular formula is C13H14FNO. The Morgan fingerprint density at radius 1 is 1.56 bits per heavy atom. The highest BCUT2D eigenvalue weighted by Gasteiger charge is 2.17. The fourth-order valence-electron chi connectivity index (χ4n) is 1.42. The lowest BCUT2D eigenvalue weighted by Gasteiger charge is -2.18. The molecule has 2 nitrogen and oxygen atoms in total. The van der Waals surface area contributed by atoms with Gasteiger partial charge >= 0.3 is 0 Å². The van der Waals surface area contributed by atoms with Crippen LogP contribution in [0.5, 0.6) is 0 Å². The van der Waals surface area contributed by atoms with Crippen LogP contribution in [0.3, 0.4) is 0 Å². The van der Waals surface area contributed by atoms with Crippen LogP contribution in [0.15, 0.2) is 18.2 Å². The van der Waals surface area contributed by atoms with Crippen molar-refractivity contribution in [1.82, 2.24) is 4.90 Å². The van der Waals surface area contributed by atoms with Gasteiger partial charge in [0.15, 0.2) is 0 Å². The van der Waals surface area contributed by atoms with E-state index < -0.39 is 5.82 Å². The van der Waals surface area contributed by atoms with E-state index in [1.807, 2.05) is 6.92 Å². The molecule has 1 amide bonds. The van der Waals surface area contributed by atoms with E-state index >= 15 is 0 Å². The number of nitrogens with zero attached hydrogens (tertiary/aromatic N) is 1. The summed E-state index contributed by atoms with van der Waals surface area (Å²) < 4.78 is 13.7.